The van der Waals surface area contributed by atoms with Gasteiger partial charge in [-0.2, -0.15) is 0 Å². The molecular weight excluding hydrogens is 260 g/mol. The number of carbonyl (C=O) groups excluding carboxylic acids is 1. The maximum atomic E-state index is 12.0. The van der Waals surface area contributed by atoms with Crippen molar-refractivity contribution in [2.75, 3.05) is 19.4 Å². The van der Waals surface area contributed by atoms with Gasteiger partial charge in [0.2, 0.25) is 0 Å². The molecule has 0 saturated heterocycles. The number of hydrogen-bond acceptors (Lipinski definition) is 4. The summed E-state index contributed by atoms with van der Waals surface area (Å²) in [4.78, 5) is 13.2. The fourth-order valence-corrected chi connectivity index (χ4v) is 2.44. The molecule has 19 heavy (non-hydrogen) atoms. The molecule has 1 heterocycles. The summed E-state index contributed by atoms with van der Waals surface area (Å²) in [7, 11) is 1.55. The van der Waals surface area contributed by atoms with Crippen molar-refractivity contribution in [3.8, 4) is 5.75 Å². The van der Waals surface area contributed by atoms with E-state index in [1.165, 1.54) is 4.88 Å². The first-order valence-electron chi connectivity index (χ1n) is 5.94. The summed E-state index contributed by atoms with van der Waals surface area (Å²) in [5.74, 6) is 0.450. The lowest BCUT2D eigenvalue weighted by Gasteiger charge is -2.07. The van der Waals surface area contributed by atoms with Crippen LogP contribution in [-0.2, 0) is 6.42 Å². The van der Waals surface area contributed by atoms with E-state index in [2.05, 4.69) is 11.4 Å². The lowest BCUT2D eigenvalue weighted by molar-refractivity contribution is 0.0954. The molecule has 0 bridgehead atoms. The molecule has 5 heteroatoms. The van der Waals surface area contributed by atoms with Crippen molar-refractivity contribution in [1.82, 2.24) is 5.32 Å². The van der Waals surface area contributed by atoms with Crippen LogP contribution in [0.5, 0.6) is 5.75 Å². The molecule has 1 aromatic heterocycles. The third-order valence-corrected chi connectivity index (χ3v) is 3.60. The highest BCUT2D eigenvalue weighted by Crippen LogP contribution is 2.18. The van der Waals surface area contributed by atoms with Gasteiger partial charge < -0.3 is 15.8 Å². The quantitative estimate of drug-likeness (QED) is 0.824. The smallest absolute Gasteiger partial charge is 0.251 e. The van der Waals surface area contributed by atoms with Gasteiger partial charge in [0.15, 0.2) is 0 Å². The number of rotatable bonds is 5. The highest BCUT2D eigenvalue weighted by molar-refractivity contribution is 7.09. The zero-order valence-electron chi connectivity index (χ0n) is 10.7. The van der Waals surface area contributed by atoms with Crippen molar-refractivity contribution < 1.29 is 9.53 Å². The van der Waals surface area contributed by atoms with Crippen LogP contribution in [0.4, 0.5) is 5.69 Å². The molecule has 100 valence electrons. The number of hydrogen-bond donors (Lipinski definition) is 2. The number of nitrogen functional groups attached to an aromatic ring is 1. The van der Waals surface area contributed by atoms with E-state index in [1.54, 1.807) is 36.6 Å². The maximum absolute atomic E-state index is 12.0. The van der Waals surface area contributed by atoms with E-state index in [4.69, 9.17) is 10.5 Å². The molecule has 0 saturated carbocycles. The predicted molar refractivity (Wildman–Crippen MR) is 77.8 cm³/mol. The van der Waals surface area contributed by atoms with Gasteiger partial charge >= 0.3 is 0 Å². The van der Waals surface area contributed by atoms with E-state index in [0.29, 0.717) is 23.5 Å². The molecule has 1 amide bonds. The third kappa shape index (κ3) is 3.72. The summed E-state index contributed by atoms with van der Waals surface area (Å²) < 4.78 is 5.09. The molecule has 0 unspecified atom stereocenters. The summed E-state index contributed by atoms with van der Waals surface area (Å²) in [5.41, 5.74) is 6.75. The fourth-order valence-electron chi connectivity index (χ4n) is 1.73. The zero-order chi connectivity index (χ0) is 13.7. The van der Waals surface area contributed by atoms with Crippen LogP contribution in [0.3, 0.4) is 0 Å². The van der Waals surface area contributed by atoms with Crippen LogP contribution in [0.1, 0.15) is 15.2 Å². The van der Waals surface area contributed by atoms with Gasteiger partial charge in [0.1, 0.15) is 5.75 Å². The van der Waals surface area contributed by atoms with Crippen LogP contribution in [0.25, 0.3) is 0 Å². The van der Waals surface area contributed by atoms with E-state index in [9.17, 15) is 4.79 Å². The summed E-state index contributed by atoms with van der Waals surface area (Å²) >= 11 is 1.69. The van der Waals surface area contributed by atoms with Crippen molar-refractivity contribution in [3.05, 3.63) is 46.2 Å². The maximum Gasteiger partial charge on any atom is 0.251 e. The van der Waals surface area contributed by atoms with Crippen molar-refractivity contribution in [2.45, 2.75) is 6.42 Å². The second-order valence-electron chi connectivity index (χ2n) is 4.08. The molecular formula is C14H16N2O2S. The minimum Gasteiger partial charge on any atom is -0.497 e. The van der Waals surface area contributed by atoms with Crippen LogP contribution < -0.4 is 15.8 Å². The van der Waals surface area contributed by atoms with E-state index >= 15 is 0 Å². The van der Waals surface area contributed by atoms with Crippen LogP contribution in [0.2, 0.25) is 0 Å². The topological polar surface area (TPSA) is 64.3 Å². The Morgan fingerprint density at radius 2 is 2.26 bits per heavy atom. The van der Waals surface area contributed by atoms with Crippen molar-refractivity contribution in [1.29, 1.82) is 0 Å². The lowest BCUT2D eigenvalue weighted by atomic mass is 10.1. The van der Waals surface area contributed by atoms with Gasteiger partial charge in [-0.3, -0.25) is 4.79 Å². The molecule has 0 aliphatic carbocycles. The van der Waals surface area contributed by atoms with Crippen molar-refractivity contribution in [3.63, 3.8) is 0 Å². The Kier molecular flexibility index (Phi) is 4.41. The predicted octanol–water partition coefficient (Wildman–Crippen LogP) is 2.31. The largest absolute Gasteiger partial charge is 0.497 e. The number of carbonyl (C=O) groups is 1. The Morgan fingerprint density at radius 3 is 2.95 bits per heavy atom. The molecule has 0 aliphatic rings. The number of thiophene rings is 1. The molecule has 1 aromatic carbocycles. The molecule has 2 aromatic rings. The van der Waals surface area contributed by atoms with Crippen LogP contribution in [-0.4, -0.2) is 19.6 Å². The number of amides is 1. The van der Waals surface area contributed by atoms with Gasteiger partial charge in [-0.05, 0) is 30.0 Å². The second-order valence-corrected chi connectivity index (χ2v) is 5.11. The molecule has 3 N–H and O–H groups in total. The van der Waals surface area contributed by atoms with Crippen molar-refractivity contribution in [2.24, 2.45) is 0 Å². The molecule has 0 aliphatic heterocycles. The number of anilines is 1. The highest BCUT2D eigenvalue weighted by atomic mass is 32.1. The average Bonchev–Trinajstić information content (AvgIpc) is 2.91. The van der Waals surface area contributed by atoms with Crippen molar-refractivity contribution >= 4 is 22.9 Å². The molecule has 0 radical (unpaired) electrons. The van der Waals surface area contributed by atoms with Gasteiger partial charge in [-0.15, -0.1) is 11.3 Å². The summed E-state index contributed by atoms with van der Waals surface area (Å²) in [5, 5.41) is 4.90. The summed E-state index contributed by atoms with van der Waals surface area (Å²) in [6, 6.07) is 9.06. The number of benzene rings is 1. The van der Waals surface area contributed by atoms with Crippen LogP contribution in [0.15, 0.2) is 35.7 Å². The van der Waals surface area contributed by atoms with Gasteiger partial charge in [0.25, 0.3) is 5.91 Å². The molecule has 2 rings (SSSR count). The first-order chi connectivity index (χ1) is 9.19. The SMILES string of the molecule is COc1cc(N)cc(C(=O)NCCc2cccs2)c1. The number of ether oxygens (including phenoxy) is 1. The van der Waals surface area contributed by atoms with E-state index in [0.717, 1.165) is 6.42 Å². The van der Waals surface area contributed by atoms with Gasteiger partial charge in [0, 0.05) is 28.7 Å². The number of nitrogens with one attached hydrogen (secondary N) is 1. The molecule has 0 atom stereocenters. The molecule has 4 nitrogen and oxygen atoms in total. The number of methoxy groups -OCH3 is 1. The Balaban J connectivity index is 1.94. The summed E-state index contributed by atoms with van der Waals surface area (Å²) in [6.07, 6.45) is 0.836. The molecule has 0 fully saturated rings. The fraction of sp³-hybridized carbons (Fsp3) is 0.214. The standard InChI is InChI=1S/C14H16N2O2S/c1-18-12-8-10(7-11(15)9-12)14(17)16-5-4-13-3-2-6-19-13/h2-3,6-9H,4-5,15H2,1H3,(H,16,17). The van der Waals surface area contributed by atoms with Gasteiger partial charge in [-0.25, -0.2) is 0 Å². The highest BCUT2D eigenvalue weighted by Gasteiger charge is 2.08. The molecule has 0 spiro atoms. The number of nitrogens with two attached hydrogens (primary N) is 1. The van der Waals surface area contributed by atoms with Crippen LogP contribution >= 0.6 is 11.3 Å². The third-order valence-electron chi connectivity index (χ3n) is 2.66. The second kappa shape index (κ2) is 6.24. The van der Waals surface area contributed by atoms with E-state index in [-0.39, 0.29) is 5.91 Å². The monoisotopic (exact) mass is 276 g/mol. The Bertz CT molecular complexity index is 553. The van der Waals surface area contributed by atoms with E-state index < -0.39 is 0 Å². The average molecular weight is 276 g/mol. The minimum absolute atomic E-state index is 0.137. The normalized spacial score (nSPS) is 10.2. The van der Waals surface area contributed by atoms with Crippen LogP contribution in [0, 0.1) is 0 Å². The first kappa shape index (κ1) is 13.4. The van der Waals surface area contributed by atoms with Gasteiger partial charge in [0.05, 0.1) is 7.11 Å². The Morgan fingerprint density at radius 1 is 1.42 bits per heavy atom. The lowest BCUT2D eigenvalue weighted by Crippen LogP contribution is -2.25. The van der Waals surface area contributed by atoms with Gasteiger partial charge in [-0.1, -0.05) is 6.07 Å². The first-order valence-corrected chi connectivity index (χ1v) is 6.82. The Labute approximate surface area is 116 Å². The van der Waals surface area contributed by atoms with E-state index in [1.807, 2.05) is 11.4 Å². The summed E-state index contributed by atoms with van der Waals surface area (Å²) in [6.45, 7) is 0.608. The zero-order valence-corrected chi connectivity index (χ0v) is 11.5. The Hall–Kier alpha value is -2.01. The minimum atomic E-state index is -0.137.